The summed E-state index contributed by atoms with van der Waals surface area (Å²) in [4.78, 5) is 0. The average Bonchev–Trinajstić information content (AvgIpc) is 2.26. The van der Waals surface area contributed by atoms with Crippen LogP contribution >= 0.6 is 0 Å². The van der Waals surface area contributed by atoms with E-state index >= 15 is 0 Å². The summed E-state index contributed by atoms with van der Waals surface area (Å²) < 4.78 is 12.0. The molecule has 0 spiro atoms. The number of hydrogen-bond acceptors (Lipinski definition) is 3. The minimum Gasteiger partial charge on any atom is -0.387 e. The molecule has 2 radical (unpaired) electrons. The zero-order valence-corrected chi connectivity index (χ0v) is 12.9. The van der Waals surface area contributed by atoms with Crippen LogP contribution in [0.2, 0.25) is 0 Å². The molecule has 0 amide bonds. The number of aliphatic hydroxyl groups is 2. The molecule has 0 unspecified atom stereocenters. The summed E-state index contributed by atoms with van der Waals surface area (Å²) in [7, 11) is 6.64. The van der Waals surface area contributed by atoms with Gasteiger partial charge in [0.25, 0.3) is 0 Å². The Bertz CT molecular complexity index is 288. The molecule has 0 aliphatic carbocycles. The molecule has 0 atom stereocenters. The van der Waals surface area contributed by atoms with Crippen LogP contribution in [-0.2, 0) is 0 Å². The van der Waals surface area contributed by atoms with Crippen molar-refractivity contribution in [1.29, 1.82) is 0 Å². The maximum Gasteiger partial charge on any atom is 0.117 e. The van der Waals surface area contributed by atoms with Crippen molar-refractivity contribution in [3.8, 4) is 0 Å². The van der Waals surface area contributed by atoms with Crippen LogP contribution in [0.4, 0.5) is 4.39 Å². The van der Waals surface area contributed by atoms with Gasteiger partial charge < -0.3 is 15.9 Å². The molecule has 4 N–H and O–H groups in total. The fourth-order valence-corrected chi connectivity index (χ4v) is 0.290. The molecule has 19 heavy (non-hydrogen) atoms. The van der Waals surface area contributed by atoms with Crippen LogP contribution in [0.3, 0.4) is 0 Å². The van der Waals surface area contributed by atoms with Crippen molar-refractivity contribution in [3.63, 3.8) is 0 Å². The van der Waals surface area contributed by atoms with E-state index in [4.69, 9.17) is 18.1 Å². The van der Waals surface area contributed by atoms with Crippen molar-refractivity contribution in [2.45, 2.75) is 45.8 Å². The number of rotatable bonds is 3. The minimum absolute atomic E-state index is 0.0769. The second kappa shape index (κ2) is 11.0. The predicted molar refractivity (Wildman–Crippen MR) is 81.6 cm³/mol. The maximum atomic E-state index is 12.0. The summed E-state index contributed by atoms with van der Waals surface area (Å²) in [6.07, 6.45) is 4.87. The smallest absolute Gasteiger partial charge is 0.117 e. The van der Waals surface area contributed by atoms with Crippen molar-refractivity contribution in [1.82, 2.24) is 0 Å². The SMILES string of the molecule is CC(C)(O)C(C)(C)O.CN.[B]/C(=C/C=C\C)C(=C)F. The first-order chi connectivity index (χ1) is 8.43. The van der Waals surface area contributed by atoms with Crippen LogP contribution in [0.25, 0.3) is 0 Å². The standard InChI is InChI=1S/C7H8BF.C6H14O2.CH5N/c1-3-4-5-7(8)6(2)9;1-5(2,7)6(3,4)8;1-2/h3-5H,2H2,1H3;7-8H,1-4H3;2H2,1H3/b4-3-,7-5+;;. The lowest BCUT2D eigenvalue weighted by Gasteiger charge is -2.31. The molecular formula is C14H27BFNO2. The average molecular weight is 271 g/mol. The third-order valence-corrected chi connectivity index (χ3v) is 2.28. The van der Waals surface area contributed by atoms with Gasteiger partial charge in [0.15, 0.2) is 0 Å². The Labute approximate surface area is 118 Å². The first-order valence-electron chi connectivity index (χ1n) is 5.89. The van der Waals surface area contributed by atoms with E-state index in [-0.39, 0.29) is 5.47 Å². The van der Waals surface area contributed by atoms with E-state index < -0.39 is 17.0 Å². The normalized spacial score (nSPS) is 12.2. The molecule has 0 heterocycles. The highest BCUT2D eigenvalue weighted by Crippen LogP contribution is 2.19. The van der Waals surface area contributed by atoms with E-state index in [1.807, 2.05) is 6.92 Å². The largest absolute Gasteiger partial charge is 0.387 e. The molecule has 0 saturated carbocycles. The summed E-state index contributed by atoms with van der Waals surface area (Å²) in [5.74, 6) is -0.590. The highest BCUT2D eigenvalue weighted by molar-refractivity contribution is 6.24. The second-order valence-electron chi connectivity index (χ2n) is 4.67. The first-order valence-corrected chi connectivity index (χ1v) is 5.89. The minimum atomic E-state index is -1.01. The summed E-state index contributed by atoms with van der Waals surface area (Å²) >= 11 is 0. The quantitative estimate of drug-likeness (QED) is 0.544. The Morgan fingerprint density at radius 2 is 1.47 bits per heavy atom. The maximum absolute atomic E-state index is 12.0. The number of halogens is 1. The van der Waals surface area contributed by atoms with E-state index in [1.165, 1.54) is 13.1 Å². The molecule has 0 bridgehead atoms. The molecular weight excluding hydrogens is 244 g/mol. The van der Waals surface area contributed by atoms with Crippen LogP contribution < -0.4 is 5.73 Å². The molecule has 0 aromatic heterocycles. The van der Waals surface area contributed by atoms with Crippen LogP contribution in [-0.4, -0.2) is 36.3 Å². The van der Waals surface area contributed by atoms with Gasteiger partial charge >= 0.3 is 0 Å². The highest BCUT2D eigenvalue weighted by atomic mass is 19.1. The lowest BCUT2D eigenvalue weighted by Crippen LogP contribution is -2.44. The fraction of sp³-hybridized carbons (Fsp3) is 0.571. The lowest BCUT2D eigenvalue weighted by molar-refractivity contribution is -0.107. The van der Waals surface area contributed by atoms with E-state index in [0.29, 0.717) is 0 Å². The van der Waals surface area contributed by atoms with Gasteiger partial charge in [0, 0.05) is 0 Å². The number of nitrogens with two attached hydrogens (primary N) is 1. The van der Waals surface area contributed by atoms with Crippen LogP contribution in [0.1, 0.15) is 34.6 Å². The summed E-state index contributed by atoms with van der Waals surface area (Å²) in [5, 5.41) is 18.2. The predicted octanol–water partition coefficient (Wildman–Crippen LogP) is 2.20. The molecule has 0 aliphatic rings. The topological polar surface area (TPSA) is 66.5 Å². The van der Waals surface area contributed by atoms with Gasteiger partial charge in [0.05, 0.1) is 11.2 Å². The summed E-state index contributed by atoms with van der Waals surface area (Å²) in [6, 6.07) is 0. The molecule has 110 valence electrons. The summed E-state index contributed by atoms with van der Waals surface area (Å²) in [6.45, 7) is 11.1. The van der Waals surface area contributed by atoms with Gasteiger partial charge in [-0.3, -0.25) is 0 Å². The van der Waals surface area contributed by atoms with Crippen LogP contribution in [0.15, 0.2) is 36.1 Å². The molecule has 0 rings (SSSR count). The fourth-order valence-electron chi connectivity index (χ4n) is 0.290. The van der Waals surface area contributed by atoms with Crippen LogP contribution in [0.5, 0.6) is 0 Å². The molecule has 3 nitrogen and oxygen atoms in total. The van der Waals surface area contributed by atoms with Gasteiger partial charge in [0.2, 0.25) is 0 Å². The Balaban J connectivity index is -0.000000239. The van der Waals surface area contributed by atoms with Gasteiger partial charge in [0.1, 0.15) is 13.7 Å². The third-order valence-electron chi connectivity index (χ3n) is 2.28. The van der Waals surface area contributed by atoms with Crippen molar-refractivity contribution >= 4 is 7.85 Å². The van der Waals surface area contributed by atoms with E-state index in [9.17, 15) is 4.39 Å². The molecule has 0 aromatic carbocycles. The Hall–Kier alpha value is -0.905. The van der Waals surface area contributed by atoms with Gasteiger partial charge in [-0.1, -0.05) is 30.3 Å². The van der Waals surface area contributed by atoms with E-state index in [2.05, 4.69) is 12.3 Å². The van der Waals surface area contributed by atoms with Crippen molar-refractivity contribution in [2.75, 3.05) is 7.05 Å². The number of hydrogen-bond donors (Lipinski definition) is 3. The van der Waals surface area contributed by atoms with Gasteiger partial charge in [-0.25, -0.2) is 4.39 Å². The molecule has 5 heteroatoms. The van der Waals surface area contributed by atoms with Gasteiger partial charge in [-0.15, -0.1) is 0 Å². The molecule has 0 aromatic rings. The van der Waals surface area contributed by atoms with Crippen molar-refractivity contribution < 1.29 is 14.6 Å². The Morgan fingerprint density at radius 1 is 1.16 bits per heavy atom. The zero-order valence-electron chi connectivity index (χ0n) is 12.9. The highest BCUT2D eigenvalue weighted by Gasteiger charge is 2.31. The van der Waals surface area contributed by atoms with Gasteiger partial charge in [-0.05, 0) is 41.7 Å². The second-order valence-corrected chi connectivity index (χ2v) is 4.67. The van der Waals surface area contributed by atoms with Crippen molar-refractivity contribution in [2.24, 2.45) is 5.73 Å². The Kier molecular flexibility index (Phi) is 13.4. The van der Waals surface area contributed by atoms with E-state index in [1.54, 1.807) is 39.8 Å². The zero-order chi connectivity index (χ0) is 16.3. The molecule has 0 fully saturated rings. The van der Waals surface area contributed by atoms with Crippen LogP contribution in [0, 0.1) is 0 Å². The number of allylic oxidation sites excluding steroid dienone is 5. The van der Waals surface area contributed by atoms with Crippen molar-refractivity contribution in [3.05, 3.63) is 36.1 Å². The van der Waals surface area contributed by atoms with Gasteiger partial charge in [-0.2, -0.15) is 0 Å². The first kappa shape index (κ1) is 23.2. The Morgan fingerprint density at radius 3 is 1.63 bits per heavy atom. The lowest BCUT2D eigenvalue weighted by atomic mass is 9.90. The molecule has 0 saturated heterocycles. The third kappa shape index (κ3) is 15.0. The molecule has 0 aliphatic heterocycles. The van der Waals surface area contributed by atoms with E-state index in [0.717, 1.165) is 0 Å². The monoisotopic (exact) mass is 271 g/mol. The summed E-state index contributed by atoms with van der Waals surface area (Å²) in [5.41, 5.74) is 2.56.